The fraction of sp³-hybridized carbons (Fsp3) is 0.118. The first-order valence-electron chi connectivity index (χ1n) is 7.29. The molecule has 0 saturated heterocycles. The van der Waals surface area contributed by atoms with Crippen LogP contribution in [0.4, 0.5) is 11.6 Å². The van der Waals surface area contributed by atoms with Crippen molar-refractivity contribution in [2.75, 3.05) is 10.6 Å². The average Bonchev–Trinajstić information content (AvgIpc) is 3.08. The molecule has 1 amide bonds. The van der Waals surface area contributed by atoms with E-state index < -0.39 is 0 Å². The van der Waals surface area contributed by atoms with Crippen molar-refractivity contribution in [2.45, 2.75) is 13.5 Å². The van der Waals surface area contributed by atoms with Crippen LogP contribution in [0.25, 0.3) is 0 Å². The first-order valence-corrected chi connectivity index (χ1v) is 7.67. The zero-order valence-corrected chi connectivity index (χ0v) is 13.7. The van der Waals surface area contributed by atoms with E-state index in [1.165, 1.54) is 0 Å². The topological polar surface area (TPSA) is 80.0 Å². The number of nitrogens with zero attached hydrogens (tertiary/aromatic N) is 2. The summed E-state index contributed by atoms with van der Waals surface area (Å²) in [5.41, 5.74) is 1.61. The number of hydrogen-bond acceptors (Lipinski definition) is 5. The van der Waals surface area contributed by atoms with E-state index in [0.717, 1.165) is 5.76 Å². The van der Waals surface area contributed by atoms with Gasteiger partial charge in [-0.3, -0.25) is 4.79 Å². The van der Waals surface area contributed by atoms with E-state index in [1.807, 2.05) is 6.07 Å². The highest BCUT2D eigenvalue weighted by Gasteiger charge is 2.11. The third-order valence-electron chi connectivity index (χ3n) is 3.19. The quantitative estimate of drug-likeness (QED) is 0.735. The van der Waals surface area contributed by atoms with E-state index in [4.69, 9.17) is 16.0 Å². The number of halogens is 1. The van der Waals surface area contributed by atoms with Crippen molar-refractivity contribution in [1.82, 2.24) is 9.97 Å². The van der Waals surface area contributed by atoms with Crippen molar-refractivity contribution in [3.63, 3.8) is 0 Å². The molecule has 7 heteroatoms. The van der Waals surface area contributed by atoms with E-state index in [9.17, 15) is 4.79 Å². The summed E-state index contributed by atoms with van der Waals surface area (Å²) < 4.78 is 5.24. The maximum absolute atomic E-state index is 12.4. The number of furan rings is 1. The van der Waals surface area contributed by atoms with Crippen LogP contribution >= 0.6 is 11.6 Å². The Hall–Kier alpha value is -2.86. The average molecular weight is 343 g/mol. The molecule has 3 rings (SSSR count). The zero-order chi connectivity index (χ0) is 16.9. The molecule has 0 saturated carbocycles. The Morgan fingerprint density at radius 1 is 1.21 bits per heavy atom. The fourth-order valence-corrected chi connectivity index (χ4v) is 2.20. The number of carbonyl (C=O) groups is 1. The molecule has 0 unspecified atom stereocenters. The number of amides is 1. The molecule has 0 aliphatic rings. The minimum Gasteiger partial charge on any atom is -0.467 e. The highest BCUT2D eigenvalue weighted by Crippen LogP contribution is 2.15. The molecule has 2 N–H and O–H groups in total. The van der Waals surface area contributed by atoms with Crippen LogP contribution in [-0.4, -0.2) is 15.9 Å². The molecule has 0 radical (unpaired) electrons. The van der Waals surface area contributed by atoms with Gasteiger partial charge in [-0.15, -0.1) is 0 Å². The third-order valence-corrected chi connectivity index (χ3v) is 3.44. The summed E-state index contributed by atoms with van der Waals surface area (Å²) in [5.74, 6) is 0.809. The number of rotatable bonds is 5. The molecule has 0 fully saturated rings. The smallest absolute Gasteiger partial charge is 0.274 e. The van der Waals surface area contributed by atoms with E-state index in [1.54, 1.807) is 49.6 Å². The second-order valence-electron chi connectivity index (χ2n) is 5.11. The molecule has 122 valence electrons. The molecule has 24 heavy (non-hydrogen) atoms. The van der Waals surface area contributed by atoms with E-state index in [2.05, 4.69) is 20.6 Å². The van der Waals surface area contributed by atoms with Gasteiger partial charge < -0.3 is 15.1 Å². The Morgan fingerprint density at radius 3 is 2.71 bits per heavy atom. The first kappa shape index (κ1) is 16.0. The molecule has 0 aliphatic heterocycles. The Labute approximate surface area is 143 Å². The lowest BCUT2D eigenvalue weighted by molar-refractivity contribution is 0.102. The highest BCUT2D eigenvalue weighted by atomic mass is 35.5. The van der Waals surface area contributed by atoms with Crippen LogP contribution in [0.2, 0.25) is 5.02 Å². The van der Waals surface area contributed by atoms with Crippen molar-refractivity contribution in [2.24, 2.45) is 0 Å². The normalized spacial score (nSPS) is 10.4. The Kier molecular flexibility index (Phi) is 4.77. The zero-order valence-electron chi connectivity index (χ0n) is 12.9. The molecule has 3 aromatic rings. The van der Waals surface area contributed by atoms with Crippen LogP contribution in [0.5, 0.6) is 0 Å². The molecule has 0 atom stereocenters. The van der Waals surface area contributed by atoms with Crippen molar-refractivity contribution in [3.8, 4) is 0 Å². The summed E-state index contributed by atoms with van der Waals surface area (Å²) in [4.78, 5) is 20.9. The van der Waals surface area contributed by atoms with Crippen molar-refractivity contribution >= 4 is 29.1 Å². The number of aromatic nitrogens is 2. The van der Waals surface area contributed by atoms with Crippen LogP contribution in [0, 0.1) is 6.92 Å². The van der Waals surface area contributed by atoms with Crippen molar-refractivity contribution < 1.29 is 9.21 Å². The largest absolute Gasteiger partial charge is 0.467 e. The molecule has 0 bridgehead atoms. The summed E-state index contributed by atoms with van der Waals surface area (Å²) in [7, 11) is 0. The minimum atomic E-state index is -0.316. The second kappa shape index (κ2) is 7.14. The number of aryl methyl sites for hydroxylation is 1. The Balaban J connectivity index is 1.72. The third kappa shape index (κ3) is 4.11. The maximum atomic E-state index is 12.4. The number of hydrogen-bond donors (Lipinski definition) is 2. The predicted molar refractivity (Wildman–Crippen MR) is 92.2 cm³/mol. The van der Waals surface area contributed by atoms with E-state index in [0.29, 0.717) is 28.9 Å². The number of anilines is 2. The summed E-state index contributed by atoms with van der Waals surface area (Å²) in [6.07, 6.45) is 1.60. The fourth-order valence-electron chi connectivity index (χ4n) is 2.07. The van der Waals surface area contributed by atoms with Gasteiger partial charge >= 0.3 is 0 Å². The predicted octanol–water partition coefficient (Wildman–Crippen LogP) is 3.90. The molecule has 2 heterocycles. The molecular weight excluding hydrogens is 328 g/mol. The Morgan fingerprint density at radius 2 is 2.00 bits per heavy atom. The van der Waals surface area contributed by atoms with Gasteiger partial charge in [0.2, 0.25) is 5.95 Å². The van der Waals surface area contributed by atoms with Crippen LogP contribution < -0.4 is 10.6 Å². The van der Waals surface area contributed by atoms with Crippen molar-refractivity contribution in [3.05, 3.63) is 70.9 Å². The molecule has 6 nitrogen and oxygen atoms in total. The van der Waals surface area contributed by atoms with Gasteiger partial charge in [0, 0.05) is 16.4 Å². The van der Waals surface area contributed by atoms with Gasteiger partial charge in [0.15, 0.2) is 0 Å². The lowest BCUT2D eigenvalue weighted by Gasteiger charge is -2.08. The number of carbonyl (C=O) groups excluding carboxylic acids is 1. The van der Waals surface area contributed by atoms with Crippen LogP contribution in [0.3, 0.4) is 0 Å². The van der Waals surface area contributed by atoms with Crippen LogP contribution in [0.15, 0.2) is 53.1 Å². The van der Waals surface area contributed by atoms with E-state index >= 15 is 0 Å². The highest BCUT2D eigenvalue weighted by molar-refractivity contribution is 6.30. The first-order chi connectivity index (χ1) is 11.6. The SMILES string of the molecule is Cc1cc(C(=O)Nc2ccc(Cl)cc2)nc(NCc2ccco2)n1. The van der Waals surface area contributed by atoms with Crippen molar-refractivity contribution in [1.29, 1.82) is 0 Å². The van der Waals surface area contributed by atoms with Gasteiger partial charge in [0.1, 0.15) is 11.5 Å². The summed E-state index contributed by atoms with van der Waals surface area (Å²) in [6.45, 7) is 2.24. The van der Waals surface area contributed by atoms with Gasteiger partial charge in [-0.2, -0.15) is 0 Å². The lowest BCUT2D eigenvalue weighted by atomic mass is 10.3. The van der Waals surface area contributed by atoms with Gasteiger partial charge in [0.25, 0.3) is 5.91 Å². The summed E-state index contributed by atoms with van der Waals surface area (Å²) in [6, 6.07) is 12.1. The molecule has 0 aliphatic carbocycles. The summed E-state index contributed by atoms with van der Waals surface area (Å²) in [5, 5.41) is 6.42. The van der Waals surface area contributed by atoms with Gasteiger partial charge in [-0.1, -0.05) is 11.6 Å². The maximum Gasteiger partial charge on any atom is 0.274 e. The molecule has 0 spiro atoms. The molecule has 2 aromatic heterocycles. The van der Waals surface area contributed by atoms with Crippen LogP contribution in [0.1, 0.15) is 21.9 Å². The standard InChI is InChI=1S/C17H15ClN4O2/c1-11-9-15(16(23)21-13-6-4-12(18)5-7-13)22-17(20-11)19-10-14-3-2-8-24-14/h2-9H,10H2,1H3,(H,21,23)(H,19,20,22). The van der Waals surface area contributed by atoms with Crippen LogP contribution in [-0.2, 0) is 6.54 Å². The molecule has 1 aromatic carbocycles. The van der Waals surface area contributed by atoms with E-state index in [-0.39, 0.29) is 11.6 Å². The monoisotopic (exact) mass is 342 g/mol. The number of nitrogens with one attached hydrogen (secondary N) is 2. The van der Waals surface area contributed by atoms with Gasteiger partial charge in [0.05, 0.1) is 12.8 Å². The lowest BCUT2D eigenvalue weighted by Crippen LogP contribution is -2.16. The van der Waals surface area contributed by atoms with Gasteiger partial charge in [-0.25, -0.2) is 9.97 Å². The second-order valence-corrected chi connectivity index (χ2v) is 5.55. The Bertz CT molecular complexity index is 832. The minimum absolute atomic E-state index is 0.277. The summed E-state index contributed by atoms with van der Waals surface area (Å²) >= 11 is 5.83. The number of benzene rings is 1. The van der Waals surface area contributed by atoms with Gasteiger partial charge in [-0.05, 0) is 49.4 Å². The molecular formula is C17H15ClN4O2.